The zero-order chi connectivity index (χ0) is 11.5. The molecule has 16 heavy (non-hydrogen) atoms. The lowest BCUT2D eigenvalue weighted by Crippen LogP contribution is -2.19. The van der Waals surface area contributed by atoms with Crippen LogP contribution in [0.4, 0.5) is 4.39 Å². The van der Waals surface area contributed by atoms with Gasteiger partial charge >= 0.3 is 0 Å². The number of halogens is 1. The predicted molar refractivity (Wildman–Crippen MR) is 56.3 cm³/mol. The molecule has 0 radical (unpaired) electrons. The molecule has 0 aliphatic rings. The Balaban J connectivity index is 2.54. The van der Waals surface area contributed by atoms with Crippen LogP contribution in [0.3, 0.4) is 0 Å². The third-order valence-corrected chi connectivity index (χ3v) is 2.10. The molecule has 0 amide bonds. The van der Waals surface area contributed by atoms with E-state index in [-0.39, 0.29) is 11.3 Å². The average molecular weight is 220 g/mol. The van der Waals surface area contributed by atoms with Crippen LogP contribution in [-0.4, -0.2) is 16.9 Å². The second-order valence-electron chi connectivity index (χ2n) is 3.09. The van der Waals surface area contributed by atoms with Crippen molar-refractivity contribution >= 4 is 0 Å². The van der Waals surface area contributed by atoms with Gasteiger partial charge < -0.3 is 4.74 Å². The van der Waals surface area contributed by atoms with E-state index in [1.165, 1.54) is 37.6 Å². The Morgan fingerprint density at radius 1 is 1.38 bits per heavy atom. The van der Waals surface area contributed by atoms with Crippen LogP contribution in [0, 0.1) is 5.82 Å². The van der Waals surface area contributed by atoms with E-state index >= 15 is 0 Å². The van der Waals surface area contributed by atoms with E-state index in [2.05, 4.69) is 5.10 Å². The Morgan fingerprint density at radius 2 is 2.19 bits per heavy atom. The monoisotopic (exact) mass is 220 g/mol. The van der Waals surface area contributed by atoms with E-state index in [0.29, 0.717) is 5.69 Å². The second kappa shape index (κ2) is 4.14. The minimum Gasteiger partial charge on any atom is -0.494 e. The van der Waals surface area contributed by atoms with E-state index in [1.807, 2.05) is 0 Å². The van der Waals surface area contributed by atoms with Gasteiger partial charge in [-0.1, -0.05) is 0 Å². The van der Waals surface area contributed by atoms with Crippen molar-refractivity contribution in [3.63, 3.8) is 0 Å². The lowest BCUT2D eigenvalue weighted by molar-refractivity contribution is 0.386. The van der Waals surface area contributed by atoms with Crippen molar-refractivity contribution in [1.29, 1.82) is 0 Å². The second-order valence-corrected chi connectivity index (χ2v) is 3.09. The molecule has 0 atom stereocenters. The van der Waals surface area contributed by atoms with Gasteiger partial charge in [0.25, 0.3) is 5.56 Å². The van der Waals surface area contributed by atoms with Crippen LogP contribution < -0.4 is 10.3 Å². The molecule has 5 heteroatoms. The van der Waals surface area contributed by atoms with Crippen LogP contribution in [0.25, 0.3) is 5.69 Å². The number of aromatic nitrogens is 2. The van der Waals surface area contributed by atoms with Gasteiger partial charge in [-0.25, -0.2) is 4.39 Å². The summed E-state index contributed by atoms with van der Waals surface area (Å²) in [7, 11) is 1.38. The van der Waals surface area contributed by atoms with Crippen LogP contribution in [0.1, 0.15) is 0 Å². The quantitative estimate of drug-likeness (QED) is 0.768. The third kappa shape index (κ3) is 1.79. The van der Waals surface area contributed by atoms with E-state index in [9.17, 15) is 9.18 Å². The topological polar surface area (TPSA) is 44.1 Å². The van der Waals surface area contributed by atoms with Crippen LogP contribution in [0.2, 0.25) is 0 Å². The van der Waals surface area contributed by atoms with Gasteiger partial charge in [-0.15, -0.1) is 0 Å². The van der Waals surface area contributed by atoms with Gasteiger partial charge in [0, 0.05) is 18.3 Å². The molecule has 1 aromatic carbocycles. The molecule has 0 N–H and O–H groups in total. The van der Waals surface area contributed by atoms with Gasteiger partial charge in [-0.3, -0.25) is 4.79 Å². The van der Waals surface area contributed by atoms with E-state index in [1.54, 1.807) is 6.07 Å². The minimum absolute atomic E-state index is 0.132. The summed E-state index contributed by atoms with van der Waals surface area (Å²) < 4.78 is 19.3. The molecule has 0 unspecified atom stereocenters. The van der Waals surface area contributed by atoms with Crippen LogP contribution in [0.5, 0.6) is 5.75 Å². The highest BCUT2D eigenvalue weighted by atomic mass is 19.1. The molecule has 0 bridgehead atoms. The van der Waals surface area contributed by atoms with E-state index in [0.717, 1.165) is 4.68 Å². The Labute approximate surface area is 90.9 Å². The molecule has 1 aromatic heterocycles. The summed E-state index contributed by atoms with van der Waals surface area (Å²) in [6.07, 6.45) is 1.46. The number of nitrogens with zero attached hydrogens (tertiary/aromatic N) is 2. The Hall–Kier alpha value is -2.17. The first kappa shape index (κ1) is 10.4. The van der Waals surface area contributed by atoms with Crippen molar-refractivity contribution in [2.24, 2.45) is 0 Å². The summed E-state index contributed by atoms with van der Waals surface area (Å²) in [5.74, 6) is -0.398. The number of ether oxygens (including phenoxy) is 1. The molecule has 1 heterocycles. The highest BCUT2D eigenvalue weighted by Gasteiger charge is 2.06. The summed E-state index contributed by atoms with van der Waals surface area (Å²) in [6.45, 7) is 0. The van der Waals surface area contributed by atoms with Crippen molar-refractivity contribution in [1.82, 2.24) is 9.78 Å². The predicted octanol–water partition coefficient (Wildman–Crippen LogP) is 1.38. The maximum atomic E-state index is 13.4. The van der Waals surface area contributed by atoms with Gasteiger partial charge in [0.15, 0.2) is 11.6 Å². The summed E-state index contributed by atoms with van der Waals surface area (Å²) in [6, 6.07) is 7.10. The zero-order valence-corrected chi connectivity index (χ0v) is 8.55. The summed E-state index contributed by atoms with van der Waals surface area (Å²) in [5, 5.41) is 3.84. The zero-order valence-electron chi connectivity index (χ0n) is 8.55. The summed E-state index contributed by atoms with van der Waals surface area (Å²) in [5.41, 5.74) is 0.0518. The minimum atomic E-state index is -0.530. The van der Waals surface area contributed by atoms with E-state index < -0.39 is 5.82 Å². The molecule has 0 saturated heterocycles. The molecule has 0 saturated carbocycles. The van der Waals surface area contributed by atoms with Crippen LogP contribution in [-0.2, 0) is 0 Å². The van der Waals surface area contributed by atoms with Crippen LogP contribution in [0.15, 0.2) is 41.3 Å². The molecular weight excluding hydrogens is 211 g/mol. The van der Waals surface area contributed by atoms with Gasteiger partial charge in [0.1, 0.15) is 0 Å². The van der Waals surface area contributed by atoms with Crippen molar-refractivity contribution in [3.05, 3.63) is 52.7 Å². The molecule has 4 nitrogen and oxygen atoms in total. The number of methoxy groups -OCH3 is 1. The van der Waals surface area contributed by atoms with Crippen molar-refractivity contribution < 1.29 is 9.13 Å². The number of benzene rings is 1. The molecule has 2 aromatic rings. The fourth-order valence-corrected chi connectivity index (χ4v) is 1.34. The first-order valence-corrected chi connectivity index (χ1v) is 4.60. The fraction of sp³-hybridized carbons (Fsp3) is 0.0909. The largest absolute Gasteiger partial charge is 0.494 e. The molecule has 2 rings (SSSR count). The van der Waals surface area contributed by atoms with Crippen LogP contribution >= 0.6 is 0 Å². The lowest BCUT2D eigenvalue weighted by atomic mass is 10.3. The van der Waals surface area contributed by atoms with Crippen molar-refractivity contribution in [2.45, 2.75) is 0 Å². The molecule has 82 valence electrons. The number of hydrogen-bond donors (Lipinski definition) is 0. The highest BCUT2D eigenvalue weighted by Crippen LogP contribution is 2.18. The van der Waals surface area contributed by atoms with Gasteiger partial charge in [-0.05, 0) is 18.2 Å². The average Bonchev–Trinajstić information content (AvgIpc) is 2.29. The summed E-state index contributed by atoms with van der Waals surface area (Å²) >= 11 is 0. The number of rotatable bonds is 2. The Bertz CT molecular complexity index is 566. The van der Waals surface area contributed by atoms with E-state index in [4.69, 9.17) is 4.74 Å². The normalized spacial score (nSPS) is 10.1. The SMILES string of the molecule is COc1ccc(-n2ncccc2=O)cc1F. The molecule has 0 aliphatic heterocycles. The lowest BCUT2D eigenvalue weighted by Gasteiger charge is -2.05. The smallest absolute Gasteiger partial charge is 0.271 e. The molecular formula is C11H9FN2O2. The van der Waals surface area contributed by atoms with Crippen molar-refractivity contribution in [2.75, 3.05) is 7.11 Å². The maximum absolute atomic E-state index is 13.4. The first-order chi connectivity index (χ1) is 7.72. The van der Waals surface area contributed by atoms with Crippen molar-refractivity contribution in [3.8, 4) is 11.4 Å². The Kier molecular flexibility index (Phi) is 2.68. The fourth-order valence-electron chi connectivity index (χ4n) is 1.34. The molecule has 0 spiro atoms. The van der Waals surface area contributed by atoms with Gasteiger partial charge in [0.2, 0.25) is 0 Å². The summed E-state index contributed by atoms with van der Waals surface area (Å²) in [4.78, 5) is 11.4. The third-order valence-electron chi connectivity index (χ3n) is 2.10. The maximum Gasteiger partial charge on any atom is 0.271 e. The molecule has 0 aliphatic carbocycles. The van der Waals surface area contributed by atoms with Gasteiger partial charge in [0.05, 0.1) is 12.8 Å². The molecule has 0 fully saturated rings. The standard InChI is InChI=1S/C11H9FN2O2/c1-16-10-5-4-8(7-9(10)12)14-11(15)3-2-6-13-14/h2-7H,1H3. The Morgan fingerprint density at radius 3 is 2.81 bits per heavy atom. The number of hydrogen-bond acceptors (Lipinski definition) is 3. The van der Waals surface area contributed by atoms with Gasteiger partial charge in [-0.2, -0.15) is 9.78 Å². The highest BCUT2D eigenvalue weighted by molar-refractivity contribution is 5.37. The first-order valence-electron chi connectivity index (χ1n) is 4.60.